The van der Waals surface area contributed by atoms with Gasteiger partial charge in [-0.3, -0.25) is 4.79 Å². The monoisotopic (exact) mass is 349 g/mol. The third kappa shape index (κ3) is 4.00. The van der Waals surface area contributed by atoms with Gasteiger partial charge in [-0.2, -0.15) is 0 Å². The molecule has 0 bridgehead atoms. The summed E-state index contributed by atoms with van der Waals surface area (Å²) in [5.41, 5.74) is -0.885. The number of amides is 1. The van der Waals surface area contributed by atoms with Crippen LogP contribution in [0.15, 0.2) is 11.0 Å². The van der Waals surface area contributed by atoms with E-state index in [0.29, 0.717) is 24.9 Å². The number of thioether (sulfide) groups is 1. The number of carbonyl (C=O) groups is 1. The van der Waals surface area contributed by atoms with Gasteiger partial charge in [-0.1, -0.05) is 13.8 Å². The van der Waals surface area contributed by atoms with E-state index in [-0.39, 0.29) is 17.7 Å². The van der Waals surface area contributed by atoms with E-state index >= 15 is 0 Å². The highest BCUT2D eigenvalue weighted by Crippen LogP contribution is 2.34. The van der Waals surface area contributed by atoms with Crippen molar-refractivity contribution in [1.29, 1.82) is 0 Å². The Morgan fingerprint density at radius 2 is 1.61 bits per heavy atom. The predicted octanol–water partition coefficient (Wildman–Crippen LogP) is 4.37. The minimum absolute atomic E-state index is 0.0269. The summed E-state index contributed by atoms with van der Waals surface area (Å²) in [4.78, 5) is 13.5. The normalized spacial score (nSPS) is 15.8. The van der Waals surface area contributed by atoms with Gasteiger partial charge in [0.2, 0.25) is 5.91 Å². The zero-order valence-corrected chi connectivity index (χ0v) is 13.9. The molecule has 2 rings (SSSR count). The molecule has 128 valence electrons. The third-order valence-electron chi connectivity index (χ3n) is 3.87. The molecule has 7 heteroatoms. The number of carbonyl (C=O) groups excluding carboxylic acids is 1. The Morgan fingerprint density at radius 3 is 2.13 bits per heavy atom. The molecule has 1 aromatic carbocycles. The van der Waals surface area contributed by atoms with Gasteiger partial charge in [0, 0.05) is 24.9 Å². The van der Waals surface area contributed by atoms with Crippen molar-refractivity contribution in [2.24, 2.45) is 5.41 Å². The Kier molecular flexibility index (Phi) is 5.60. The molecular formula is C16H19F4NOS. The van der Waals surface area contributed by atoms with Crippen LogP contribution in [0.2, 0.25) is 0 Å². The maximum Gasteiger partial charge on any atom is 0.229 e. The first-order valence-corrected chi connectivity index (χ1v) is 8.48. The first kappa shape index (κ1) is 18.1. The molecule has 1 amide bonds. The summed E-state index contributed by atoms with van der Waals surface area (Å²) in [6.45, 7) is 4.68. The summed E-state index contributed by atoms with van der Waals surface area (Å²) in [7, 11) is 0. The number of likely N-dealkylation sites (tertiary alicyclic amines) is 1. The lowest BCUT2D eigenvalue weighted by Gasteiger charge is -2.34. The summed E-state index contributed by atoms with van der Waals surface area (Å²) < 4.78 is 53.8. The van der Waals surface area contributed by atoms with E-state index in [1.807, 2.05) is 0 Å². The largest absolute Gasteiger partial charge is 0.342 e. The van der Waals surface area contributed by atoms with Crippen molar-refractivity contribution in [3.8, 4) is 0 Å². The maximum atomic E-state index is 13.7. The molecule has 0 unspecified atom stereocenters. The lowest BCUT2D eigenvalue weighted by molar-refractivity contribution is -0.140. The van der Waals surface area contributed by atoms with E-state index in [4.69, 9.17) is 0 Å². The number of benzene rings is 1. The number of halogens is 4. The van der Waals surface area contributed by atoms with Gasteiger partial charge < -0.3 is 4.90 Å². The van der Waals surface area contributed by atoms with Crippen LogP contribution >= 0.6 is 11.8 Å². The lowest BCUT2D eigenvalue weighted by atomic mass is 9.93. The average Bonchev–Trinajstić information content (AvgIpc) is 2.53. The molecule has 0 saturated carbocycles. The fourth-order valence-corrected chi connectivity index (χ4v) is 3.59. The van der Waals surface area contributed by atoms with Gasteiger partial charge >= 0.3 is 0 Å². The second kappa shape index (κ2) is 7.11. The number of hydrogen-bond acceptors (Lipinski definition) is 2. The summed E-state index contributed by atoms with van der Waals surface area (Å²) in [5.74, 6) is -5.80. The number of rotatable bonds is 4. The van der Waals surface area contributed by atoms with Gasteiger partial charge in [0.1, 0.15) is 0 Å². The van der Waals surface area contributed by atoms with Crippen LogP contribution in [-0.4, -0.2) is 29.6 Å². The Hall–Kier alpha value is -1.24. The molecule has 1 aliphatic heterocycles. The van der Waals surface area contributed by atoms with E-state index in [1.54, 1.807) is 18.7 Å². The number of nitrogens with zero attached hydrogens (tertiary/aromatic N) is 1. The highest BCUT2D eigenvalue weighted by atomic mass is 32.2. The van der Waals surface area contributed by atoms with E-state index in [9.17, 15) is 22.4 Å². The van der Waals surface area contributed by atoms with E-state index in [0.717, 1.165) is 19.3 Å². The number of piperidine rings is 1. The molecule has 1 heterocycles. The summed E-state index contributed by atoms with van der Waals surface area (Å²) in [6, 6.07) is 0.179. The molecule has 0 radical (unpaired) electrons. The summed E-state index contributed by atoms with van der Waals surface area (Å²) in [6.07, 6.45) is 2.96. The molecule has 0 aliphatic carbocycles. The Labute approximate surface area is 137 Å². The zero-order chi connectivity index (χ0) is 17.2. The van der Waals surface area contributed by atoms with Gasteiger partial charge in [-0.15, -0.1) is 11.8 Å². The van der Waals surface area contributed by atoms with Crippen molar-refractivity contribution < 1.29 is 22.4 Å². The maximum absolute atomic E-state index is 13.7. The molecule has 1 fully saturated rings. The second-order valence-electron chi connectivity index (χ2n) is 6.32. The summed E-state index contributed by atoms with van der Waals surface area (Å²) in [5, 5.41) is 0. The predicted molar refractivity (Wildman–Crippen MR) is 81.2 cm³/mol. The van der Waals surface area contributed by atoms with Crippen molar-refractivity contribution in [2.45, 2.75) is 38.0 Å². The molecule has 0 aromatic heterocycles. The smallest absolute Gasteiger partial charge is 0.229 e. The molecule has 0 spiro atoms. The molecule has 0 N–H and O–H groups in total. The fourth-order valence-electron chi connectivity index (χ4n) is 2.52. The van der Waals surface area contributed by atoms with Gasteiger partial charge in [0.05, 0.1) is 10.3 Å². The van der Waals surface area contributed by atoms with E-state index in [2.05, 4.69) is 0 Å². The molecule has 1 aliphatic rings. The van der Waals surface area contributed by atoms with Gasteiger partial charge in [-0.05, 0) is 19.3 Å². The van der Waals surface area contributed by atoms with E-state index in [1.165, 1.54) is 0 Å². The quantitative estimate of drug-likeness (QED) is 0.457. The van der Waals surface area contributed by atoms with Crippen LogP contribution in [0.1, 0.15) is 33.1 Å². The Bertz CT molecular complexity index is 574. The molecule has 0 atom stereocenters. The van der Waals surface area contributed by atoms with Crippen LogP contribution in [0.25, 0.3) is 0 Å². The average molecular weight is 349 g/mol. The molecular weight excluding hydrogens is 330 g/mol. The van der Waals surface area contributed by atoms with Gasteiger partial charge in [0.25, 0.3) is 0 Å². The van der Waals surface area contributed by atoms with Crippen LogP contribution in [0, 0.1) is 28.7 Å². The zero-order valence-electron chi connectivity index (χ0n) is 13.1. The minimum Gasteiger partial charge on any atom is -0.342 e. The standard InChI is InChI=1S/C16H19F4NOS/c1-16(2,15(22)21-6-4-3-5-7-21)9-23-14-12(19)10(17)8-11(18)13(14)20/h8H,3-7,9H2,1-2H3. The van der Waals surface area contributed by atoms with Crippen molar-refractivity contribution in [2.75, 3.05) is 18.8 Å². The SMILES string of the molecule is CC(C)(CSc1c(F)c(F)cc(F)c1F)C(=O)N1CCCCC1. The number of hydrogen-bond donors (Lipinski definition) is 0. The minimum atomic E-state index is -1.44. The van der Waals surface area contributed by atoms with Crippen LogP contribution < -0.4 is 0 Å². The fraction of sp³-hybridized carbons (Fsp3) is 0.562. The molecule has 23 heavy (non-hydrogen) atoms. The second-order valence-corrected chi connectivity index (χ2v) is 7.31. The van der Waals surface area contributed by atoms with Crippen LogP contribution in [0.4, 0.5) is 17.6 Å². The van der Waals surface area contributed by atoms with Gasteiger partial charge in [0.15, 0.2) is 23.3 Å². The van der Waals surface area contributed by atoms with E-state index < -0.39 is 33.6 Å². The lowest BCUT2D eigenvalue weighted by Crippen LogP contribution is -2.44. The molecule has 1 saturated heterocycles. The van der Waals surface area contributed by atoms with Crippen molar-refractivity contribution in [3.63, 3.8) is 0 Å². The van der Waals surface area contributed by atoms with Crippen LogP contribution in [-0.2, 0) is 4.79 Å². The van der Waals surface area contributed by atoms with Crippen molar-refractivity contribution in [3.05, 3.63) is 29.3 Å². The Morgan fingerprint density at radius 1 is 1.09 bits per heavy atom. The highest BCUT2D eigenvalue weighted by Gasteiger charge is 2.33. The van der Waals surface area contributed by atoms with Crippen molar-refractivity contribution in [1.82, 2.24) is 4.90 Å². The Balaban J connectivity index is 2.11. The molecule has 2 nitrogen and oxygen atoms in total. The van der Waals surface area contributed by atoms with Gasteiger partial charge in [-0.25, -0.2) is 17.6 Å². The van der Waals surface area contributed by atoms with Crippen LogP contribution in [0.5, 0.6) is 0 Å². The third-order valence-corrected chi connectivity index (χ3v) is 5.38. The van der Waals surface area contributed by atoms with Crippen LogP contribution in [0.3, 0.4) is 0 Å². The topological polar surface area (TPSA) is 20.3 Å². The van der Waals surface area contributed by atoms with Crippen molar-refractivity contribution >= 4 is 17.7 Å². The molecule has 1 aromatic rings. The summed E-state index contributed by atoms with van der Waals surface area (Å²) >= 11 is 0.624. The first-order valence-electron chi connectivity index (χ1n) is 7.49. The first-order chi connectivity index (χ1) is 10.7. The highest BCUT2D eigenvalue weighted by molar-refractivity contribution is 7.99.